The summed E-state index contributed by atoms with van der Waals surface area (Å²) in [6, 6.07) is 5.72. The summed E-state index contributed by atoms with van der Waals surface area (Å²) >= 11 is 0. The molecule has 0 bridgehead atoms. The van der Waals surface area contributed by atoms with Gasteiger partial charge in [0.25, 0.3) is 5.91 Å². The zero-order valence-corrected chi connectivity index (χ0v) is 11.0. The molecule has 0 aliphatic carbocycles. The Bertz CT molecular complexity index is 523. The van der Waals surface area contributed by atoms with Gasteiger partial charge in [0.05, 0.1) is 19.2 Å². The lowest BCUT2D eigenvalue weighted by Crippen LogP contribution is -2.35. The highest BCUT2D eigenvalue weighted by atomic mass is 16.5. The summed E-state index contributed by atoms with van der Waals surface area (Å²) < 4.78 is 5.25. The van der Waals surface area contributed by atoms with Crippen LogP contribution in [0.5, 0.6) is 0 Å². The number of carbonyl (C=O) groups excluding carboxylic acids is 1. The van der Waals surface area contributed by atoms with Crippen LogP contribution in [-0.4, -0.2) is 31.7 Å². The zero-order chi connectivity index (χ0) is 13.7. The van der Waals surface area contributed by atoms with Crippen LogP contribution in [0.2, 0.25) is 0 Å². The van der Waals surface area contributed by atoms with Crippen molar-refractivity contribution in [1.29, 1.82) is 0 Å². The predicted molar refractivity (Wildman–Crippen MR) is 73.8 cm³/mol. The Balaban J connectivity index is 2.15. The summed E-state index contributed by atoms with van der Waals surface area (Å²) in [5.41, 5.74) is 7.76. The van der Waals surface area contributed by atoms with Gasteiger partial charge in [-0.25, -0.2) is 0 Å². The van der Waals surface area contributed by atoms with Gasteiger partial charge in [-0.05, 0) is 31.0 Å². The smallest absolute Gasteiger partial charge is 0.251 e. The van der Waals surface area contributed by atoms with E-state index in [9.17, 15) is 4.79 Å². The number of nitrogens with one attached hydrogen (secondary N) is 1. The Kier molecular flexibility index (Phi) is 4.56. The molecular weight excluding hydrogens is 240 g/mol. The lowest BCUT2D eigenvalue weighted by Gasteiger charge is -2.12. The van der Waals surface area contributed by atoms with Crippen molar-refractivity contribution < 1.29 is 9.53 Å². The number of aryl methyl sites for hydroxylation is 1. The minimum Gasteiger partial charge on any atom is -0.379 e. The number of hydrogen-bond acceptors (Lipinski definition) is 3. The SMILES string of the molecule is Cc1ccc(C#CCN)cc1C(=O)NC1CCOC1. The molecule has 3 N–H and O–H groups in total. The first-order chi connectivity index (χ1) is 9.20. The summed E-state index contributed by atoms with van der Waals surface area (Å²) in [7, 11) is 0. The van der Waals surface area contributed by atoms with Crippen LogP contribution in [-0.2, 0) is 4.74 Å². The monoisotopic (exact) mass is 258 g/mol. The molecule has 0 aromatic heterocycles. The number of ether oxygens (including phenoxy) is 1. The van der Waals surface area contributed by atoms with Gasteiger partial charge in [-0.2, -0.15) is 0 Å². The van der Waals surface area contributed by atoms with Crippen LogP contribution < -0.4 is 11.1 Å². The van der Waals surface area contributed by atoms with Crippen molar-refractivity contribution in [2.75, 3.05) is 19.8 Å². The first-order valence-electron chi connectivity index (χ1n) is 6.39. The second-order valence-electron chi connectivity index (χ2n) is 4.57. The third kappa shape index (κ3) is 3.57. The number of benzene rings is 1. The lowest BCUT2D eigenvalue weighted by molar-refractivity contribution is 0.0929. The van der Waals surface area contributed by atoms with E-state index in [1.807, 2.05) is 25.1 Å². The molecular formula is C15H18N2O2. The molecule has 1 aromatic carbocycles. The fourth-order valence-corrected chi connectivity index (χ4v) is 2.01. The average Bonchev–Trinajstić information content (AvgIpc) is 2.90. The molecule has 100 valence electrons. The maximum absolute atomic E-state index is 12.2. The molecule has 1 amide bonds. The van der Waals surface area contributed by atoms with Gasteiger partial charge in [0.15, 0.2) is 0 Å². The average molecular weight is 258 g/mol. The Morgan fingerprint density at radius 3 is 3.11 bits per heavy atom. The summed E-state index contributed by atoms with van der Waals surface area (Å²) in [6.45, 7) is 3.54. The van der Waals surface area contributed by atoms with E-state index in [1.165, 1.54) is 0 Å². The molecule has 4 nitrogen and oxygen atoms in total. The maximum Gasteiger partial charge on any atom is 0.251 e. The summed E-state index contributed by atoms with van der Waals surface area (Å²) in [6.07, 6.45) is 0.872. The fourth-order valence-electron chi connectivity index (χ4n) is 2.01. The second-order valence-corrected chi connectivity index (χ2v) is 4.57. The molecule has 1 unspecified atom stereocenters. The van der Waals surface area contributed by atoms with E-state index >= 15 is 0 Å². The molecule has 1 atom stereocenters. The molecule has 19 heavy (non-hydrogen) atoms. The molecule has 1 fully saturated rings. The maximum atomic E-state index is 12.2. The molecule has 2 rings (SSSR count). The Morgan fingerprint density at radius 1 is 1.58 bits per heavy atom. The molecule has 1 saturated heterocycles. The van der Waals surface area contributed by atoms with E-state index in [-0.39, 0.29) is 11.9 Å². The zero-order valence-electron chi connectivity index (χ0n) is 11.0. The van der Waals surface area contributed by atoms with Crippen molar-refractivity contribution in [2.24, 2.45) is 5.73 Å². The molecule has 4 heteroatoms. The lowest BCUT2D eigenvalue weighted by atomic mass is 10.0. The first kappa shape index (κ1) is 13.6. The summed E-state index contributed by atoms with van der Waals surface area (Å²) in [5, 5.41) is 2.98. The summed E-state index contributed by atoms with van der Waals surface area (Å²) in [4.78, 5) is 12.2. The summed E-state index contributed by atoms with van der Waals surface area (Å²) in [5.74, 6) is 5.66. The van der Waals surface area contributed by atoms with E-state index in [0.717, 1.165) is 17.5 Å². The highest BCUT2D eigenvalue weighted by Crippen LogP contribution is 2.12. The third-order valence-corrected chi connectivity index (χ3v) is 3.08. The van der Waals surface area contributed by atoms with Crippen LogP contribution in [0.25, 0.3) is 0 Å². The van der Waals surface area contributed by atoms with Crippen LogP contribution in [0.1, 0.15) is 27.9 Å². The van der Waals surface area contributed by atoms with Crippen LogP contribution in [0.15, 0.2) is 18.2 Å². The minimum atomic E-state index is -0.0654. The van der Waals surface area contributed by atoms with Gasteiger partial charge in [0.2, 0.25) is 0 Å². The van der Waals surface area contributed by atoms with Crippen molar-refractivity contribution in [2.45, 2.75) is 19.4 Å². The minimum absolute atomic E-state index is 0.0654. The van der Waals surface area contributed by atoms with E-state index < -0.39 is 0 Å². The van der Waals surface area contributed by atoms with Gasteiger partial charge in [0, 0.05) is 17.7 Å². The van der Waals surface area contributed by atoms with Crippen molar-refractivity contribution in [3.05, 3.63) is 34.9 Å². The molecule has 1 aliphatic heterocycles. The van der Waals surface area contributed by atoms with Crippen molar-refractivity contribution in [3.8, 4) is 11.8 Å². The molecule has 0 saturated carbocycles. The number of hydrogen-bond donors (Lipinski definition) is 2. The van der Waals surface area contributed by atoms with Crippen LogP contribution in [0.4, 0.5) is 0 Å². The number of carbonyl (C=O) groups is 1. The van der Waals surface area contributed by atoms with E-state index in [1.54, 1.807) is 0 Å². The third-order valence-electron chi connectivity index (χ3n) is 3.08. The number of rotatable bonds is 2. The van der Waals surface area contributed by atoms with E-state index in [4.69, 9.17) is 10.5 Å². The van der Waals surface area contributed by atoms with E-state index in [0.29, 0.717) is 25.3 Å². The second kappa shape index (κ2) is 6.37. The van der Waals surface area contributed by atoms with Crippen molar-refractivity contribution in [1.82, 2.24) is 5.32 Å². The van der Waals surface area contributed by atoms with Crippen molar-refractivity contribution >= 4 is 5.91 Å². The van der Waals surface area contributed by atoms with Gasteiger partial charge in [-0.3, -0.25) is 4.79 Å². The molecule has 0 spiro atoms. The number of amides is 1. The van der Waals surface area contributed by atoms with Crippen LogP contribution >= 0.6 is 0 Å². The highest BCUT2D eigenvalue weighted by molar-refractivity contribution is 5.96. The fraction of sp³-hybridized carbons (Fsp3) is 0.400. The largest absolute Gasteiger partial charge is 0.379 e. The number of nitrogens with two attached hydrogens (primary N) is 1. The van der Waals surface area contributed by atoms with E-state index in [2.05, 4.69) is 17.2 Å². The topological polar surface area (TPSA) is 64.4 Å². The van der Waals surface area contributed by atoms with Gasteiger partial charge in [-0.1, -0.05) is 17.9 Å². The highest BCUT2D eigenvalue weighted by Gasteiger charge is 2.19. The standard InChI is InChI=1S/C15H18N2O2/c1-11-4-5-12(3-2-7-16)9-14(11)15(18)17-13-6-8-19-10-13/h4-5,9,13H,6-8,10,16H2,1H3,(H,17,18). The van der Waals surface area contributed by atoms with Gasteiger partial charge in [0.1, 0.15) is 0 Å². The van der Waals surface area contributed by atoms with Gasteiger partial charge < -0.3 is 15.8 Å². The van der Waals surface area contributed by atoms with Gasteiger partial charge in [-0.15, -0.1) is 0 Å². The van der Waals surface area contributed by atoms with Crippen molar-refractivity contribution in [3.63, 3.8) is 0 Å². The normalized spacial score (nSPS) is 17.7. The first-order valence-corrected chi connectivity index (χ1v) is 6.39. The molecule has 1 aromatic rings. The Morgan fingerprint density at radius 2 is 2.42 bits per heavy atom. The Hall–Kier alpha value is -1.83. The van der Waals surface area contributed by atoms with Crippen LogP contribution in [0.3, 0.4) is 0 Å². The van der Waals surface area contributed by atoms with Gasteiger partial charge >= 0.3 is 0 Å². The molecule has 1 heterocycles. The quantitative estimate of drug-likeness (QED) is 0.772. The molecule has 1 aliphatic rings. The Labute approximate surface area is 113 Å². The van der Waals surface area contributed by atoms with Crippen LogP contribution in [0, 0.1) is 18.8 Å². The molecule has 0 radical (unpaired) electrons. The predicted octanol–water partition coefficient (Wildman–Crippen LogP) is 0.824.